The van der Waals surface area contributed by atoms with Crippen molar-refractivity contribution in [2.45, 2.75) is 11.8 Å². The van der Waals surface area contributed by atoms with Crippen LogP contribution < -0.4 is 10.1 Å². The van der Waals surface area contributed by atoms with E-state index < -0.39 is 11.9 Å². The normalized spacial score (nSPS) is 10.2. The van der Waals surface area contributed by atoms with Gasteiger partial charge in [0.1, 0.15) is 5.75 Å². The van der Waals surface area contributed by atoms with Gasteiger partial charge in [-0.05, 0) is 48.9 Å². The Morgan fingerprint density at radius 2 is 1.88 bits per heavy atom. The number of aryl methyl sites for hydroxylation is 1. The van der Waals surface area contributed by atoms with Crippen molar-refractivity contribution in [2.75, 3.05) is 24.8 Å². The molecule has 0 unspecified atom stereocenters. The quantitative estimate of drug-likeness (QED) is 0.583. The second kappa shape index (κ2) is 9.34. The molecular weight excluding hydrogens is 362 g/mol. The number of hydrogen-bond donors (Lipinski definition) is 1. The Bertz CT molecular complexity index is 749. The molecule has 0 aliphatic rings. The minimum Gasteiger partial charge on any atom is -0.497 e. The summed E-state index contributed by atoms with van der Waals surface area (Å²) in [5.74, 6) is -0.0388. The third-order valence-electron chi connectivity index (χ3n) is 3.18. The van der Waals surface area contributed by atoms with Gasteiger partial charge in [0.25, 0.3) is 5.91 Å². The molecule has 5 nitrogen and oxygen atoms in total. The highest BCUT2D eigenvalue weighted by Crippen LogP contribution is 2.23. The fourth-order valence-corrected chi connectivity index (χ4v) is 2.89. The van der Waals surface area contributed by atoms with Crippen molar-refractivity contribution >= 4 is 40.9 Å². The first-order valence-electron chi connectivity index (χ1n) is 7.46. The summed E-state index contributed by atoms with van der Waals surface area (Å²) in [5.41, 5.74) is 1.48. The standard InChI is InChI=1S/C18H18ClNO4S/c1-12-3-8-16(15(19)9-12)20-17(21)10-24-18(22)11-25-14-6-4-13(23-2)5-7-14/h3-9H,10-11H2,1-2H3,(H,20,21). The molecule has 1 amide bonds. The van der Waals surface area contributed by atoms with Crippen LogP contribution in [0.1, 0.15) is 5.56 Å². The lowest BCUT2D eigenvalue weighted by Crippen LogP contribution is -2.21. The molecule has 0 radical (unpaired) electrons. The molecule has 132 valence electrons. The molecule has 0 spiro atoms. The third kappa shape index (κ3) is 6.32. The van der Waals surface area contributed by atoms with E-state index in [0.717, 1.165) is 16.2 Å². The van der Waals surface area contributed by atoms with Gasteiger partial charge in [-0.1, -0.05) is 17.7 Å². The lowest BCUT2D eigenvalue weighted by Gasteiger charge is -2.08. The number of thioether (sulfide) groups is 1. The van der Waals surface area contributed by atoms with Crippen LogP contribution in [0, 0.1) is 6.92 Å². The lowest BCUT2D eigenvalue weighted by atomic mass is 10.2. The van der Waals surface area contributed by atoms with Gasteiger partial charge in [0.05, 0.1) is 23.6 Å². The molecular formula is C18H18ClNO4S. The van der Waals surface area contributed by atoms with Gasteiger partial charge in [0, 0.05) is 4.90 Å². The van der Waals surface area contributed by atoms with Crippen molar-refractivity contribution in [3.05, 3.63) is 53.1 Å². The second-order valence-electron chi connectivity index (χ2n) is 5.16. The van der Waals surface area contributed by atoms with Crippen molar-refractivity contribution in [3.63, 3.8) is 0 Å². The molecule has 2 aromatic carbocycles. The summed E-state index contributed by atoms with van der Waals surface area (Å²) in [6.45, 7) is 1.55. The third-order valence-corrected chi connectivity index (χ3v) is 4.48. The van der Waals surface area contributed by atoms with E-state index in [4.69, 9.17) is 21.1 Å². The molecule has 2 aromatic rings. The van der Waals surface area contributed by atoms with Crippen LogP contribution >= 0.6 is 23.4 Å². The number of esters is 1. The molecule has 0 heterocycles. The number of carbonyl (C=O) groups excluding carboxylic acids is 2. The van der Waals surface area contributed by atoms with Crippen molar-refractivity contribution in [2.24, 2.45) is 0 Å². The van der Waals surface area contributed by atoms with Crippen molar-refractivity contribution < 1.29 is 19.1 Å². The molecule has 0 aromatic heterocycles. The van der Waals surface area contributed by atoms with E-state index in [1.807, 2.05) is 37.3 Å². The number of methoxy groups -OCH3 is 1. The number of halogens is 1. The van der Waals surface area contributed by atoms with E-state index in [1.54, 1.807) is 19.2 Å². The average molecular weight is 380 g/mol. The van der Waals surface area contributed by atoms with Gasteiger partial charge in [-0.15, -0.1) is 11.8 Å². The maximum Gasteiger partial charge on any atom is 0.316 e. The summed E-state index contributed by atoms with van der Waals surface area (Å²) in [7, 11) is 1.59. The fourth-order valence-electron chi connectivity index (χ4n) is 1.91. The molecule has 7 heteroatoms. The van der Waals surface area contributed by atoms with Crippen LogP contribution in [0.25, 0.3) is 0 Å². The smallest absolute Gasteiger partial charge is 0.316 e. The highest BCUT2D eigenvalue weighted by Gasteiger charge is 2.10. The van der Waals surface area contributed by atoms with Crippen LogP contribution in [0.4, 0.5) is 5.69 Å². The maximum absolute atomic E-state index is 11.8. The largest absolute Gasteiger partial charge is 0.497 e. The first-order valence-corrected chi connectivity index (χ1v) is 8.83. The molecule has 0 aliphatic heterocycles. The second-order valence-corrected chi connectivity index (χ2v) is 6.61. The highest BCUT2D eigenvalue weighted by molar-refractivity contribution is 8.00. The number of benzene rings is 2. The van der Waals surface area contributed by atoms with Crippen LogP contribution in [0.5, 0.6) is 5.75 Å². The summed E-state index contributed by atoms with van der Waals surface area (Å²) >= 11 is 7.37. The topological polar surface area (TPSA) is 64.6 Å². The Morgan fingerprint density at radius 1 is 1.16 bits per heavy atom. The number of rotatable bonds is 7. The summed E-state index contributed by atoms with van der Waals surface area (Å²) in [6, 6.07) is 12.6. The van der Waals surface area contributed by atoms with E-state index in [2.05, 4.69) is 5.32 Å². The zero-order chi connectivity index (χ0) is 18.2. The summed E-state index contributed by atoms with van der Waals surface area (Å²) in [6.07, 6.45) is 0. The maximum atomic E-state index is 11.8. The first kappa shape index (κ1) is 19.1. The Morgan fingerprint density at radius 3 is 2.52 bits per heavy atom. The Hall–Kier alpha value is -2.18. The summed E-state index contributed by atoms with van der Waals surface area (Å²) in [4.78, 5) is 24.5. The minimum atomic E-state index is -0.467. The number of hydrogen-bond acceptors (Lipinski definition) is 5. The SMILES string of the molecule is COc1ccc(SCC(=O)OCC(=O)Nc2ccc(C)cc2Cl)cc1. The zero-order valence-electron chi connectivity index (χ0n) is 13.9. The predicted molar refractivity (Wildman–Crippen MR) is 99.5 cm³/mol. The number of nitrogens with one attached hydrogen (secondary N) is 1. The first-order chi connectivity index (χ1) is 12.0. The molecule has 0 atom stereocenters. The number of carbonyl (C=O) groups is 2. The van der Waals surface area contributed by atoms with E-state index in [9.17, 15) is 9.59 Å². The minimum absolute atomic E-state index is 0.116. The zero-order valence-corrected chi connectivity index (χ0v) is 15.4. The van der Waals surface area contributed by atoms with Crippen molar-refractivity contribution in [3.8, 4) is 5.75 Å². The monoisotopic (exact) mass is 379 g/mol. The molecule has 0 saturated heterocycles. The van der Waals surface area contributed by atoms with E-state index in [0.29, 0.717) is 10.7 Å². The molecule has 2 rings (SSSR count). The van der Waals surface area contributed by atoms with E-state index in [1.165, 1.54) is 11.8 Å². The average Bonchev–Trinajstić information content (AvgIpc) is 2.61. The van der Waals surface area contributed by atoms with Gasteiger partial charge >= 0.3 is 5.97 Å². The van der Waals surface area contributed by atoms with Crippen LogP contribution in [0.3, 0.4) is 0 Å². The van der Waals surface area contributed by atoms with Gasteiger partial charge in [0.15, 0.2) is 6.61 Å². The van der Waals surface area contributed by atoms with Gasteiger partial charge in [-0.3, -0.25) is 9.59 Å². The molecule has 0 aliphatic carbocycles. The van der Waals surface area contributed by atoms with Crippen molar-refractivity contribution in [1.82, 2.24) is 0 Å². The molecule has 1 N–H and O–H groups in total. The fraction of sp³-hybridized carbons (Fsp3) is 0.222. The number of amides is 1. The Labute approximate surface area is 155 Å². The van der Waals surface area contributed by atoms with E-state index in [-0.39, 0.29) is 12.4 Å². The summed E-state index contributed by atoms with van der Waals surface area (Å²) in [5, 5.41) is 3.05. The van der Waals surface area contributed by atoms with Gasteiger partial charge in [-0.2, -0.15) is 0 Å². The van der Waals surface area contributed by atoms with Crippen LogP contribution in [0.15, 0.2) is 47.4 Å². The predicted octanol–water partition coefficient (Wildman–Crippen LogP) is 3.93. The highest BCUT2D eigenvalue weighted by atomic mass is 35.5. The van der Waals surface area contributed by atoms with Gasteiger partial charge in [-0.25, -0.2) is 0 Å². The Balaban J connectivity index is 1.74. The lowest BCUT2D eigenvalue weighted by molar-refractivity contribution is -0.144. The van der Waals surface area contributed by atoms with Crippen LogP contribution in [0.2, 0.25) is 5.02 Å². The van der Waals surface area contributed by atoms with Gasteiger partial charge in [0.2, 0.25) is 0 Å². The van der Waals surface area contributed by atoms with Crippen LogP contribution in [-0.4, -0.2) is 31.3 Å². The molecule has 0 fully saturated rings. The molecule has 0 saturated carbocycles. The summed E-state index contributed by atoms with van der Waals surface area (Å²) < 4.78 is 10.0. The molecule has 0 bridgehead atoms. The van der Waals surface area contributed by atoms with Crippen molar-refractivity contribution in [1.29, 1.82) is 0 Å². The van der Waals surface area contributed by atoms with Crippen LogP contribution in [-0.2, 0) is 14.3 Å². The van der Waals surface area contributed by atoms with E-state index >= 15 is 0 Å². The Kier molecular flexibility index (Phi) is 7.16. The molecule has 25 heavy (non-hydrogen) atoms. The number of anilines is 1. The van der Waals surface area contributed by atoms with Gasteiger partial charge < -0.3 is 14.8 Å². The number of ether oxygens (including phenoxy) is 2.